The van der Waals surface area contributed by atoms with Gasteiger partial charge in [-0.3, -0.25) is 14.4 Å². The molecule has 0 aromatic carbocycles. The number of aryl methyl sites for hydroxylation is 1. The number of nitrogens with zero attached hydrogens (tertiary/aromatic N) is 4. The number of carbonyl (C=O) groups excluding carboxylic acids is 1. The highest BCUT2D eigenvalue weighted by Crippen LogP contribution is 2.39. The van der Waals surface area contributed by atoms with Crippen LogP contribution >= 0.6 is 0 Å². The maximum absolute atomic E-state index is 12.6. The van der Waals surface area contributed by atoms with E-state index in [1.807, 2.05) is 22.8 Å². The lowest BCUT2D eigenvalue weighted by Gasteiger charge is -2.40. The summed E-state index contributed by atoms with van der Waals surface area (Å²) in [6.07, 6.45) is 10.7. The number of piperidine rings is 1. The highest BCUT2D eigenvalue weighted by molar-refractivity contribution is 5.94. The van der Waals surface area contributed by atoms with E-state index in [-0.39, 0.29) is 11.3 Å². The third kappa shape index (κ3) is 2.98. The molecule has 2 saturated heterocycles. The Morgan fingerprint density at radius 3 is 3.00 bits per heavy atom. The third-order valence-corrected chi connectivity index (χ3v) is 5.40. The van der Waals surface area contributed by atoms with Crippen molar-refractivity contribution >= 4 is 5.91 Å². The number of aromatic nitrogens is 2. The third-order valence-electron chi connectivity index (χ3n) is 5.40. The van der Waals surface area contributed by atoms with E-state index in [0.717, 1.165) is 39.1 Å². The van der Waals surface area contributed by atoms with Gasteiger partial charge >= 0.3 is 0 Å². The van der Waals surface area contributed by atoms with Gasteiger partial charge < -0.3 is 9.32 Å². The van der Waals surface area contributed by atoms with Gasteiger partial charge in [0.05, 0.1) is 18.0 Å². The van der Waals surface area contributed by atoms with Gasteiger partial charge in [0.2, 0.25) is 0 Å². The van der Waals surface area contributed by atoms with E-state index in [9.17, 15) is 4.79 Å². The number of carbonyl (C=O) groups is 1. The van der Waals surface area contributed by atoms with Crippen molar-refractivity contribution in [3.05, 3.63) is 42.1 Å². The van der Waals surface area contributed by atoms with Crippen molar-refractivity contribution < 1.29 is 9.21 Å². The molecule has 1 spiro atoms. The average molecular weight is 328 g/mol. The maximum Gasteiger partial charge on any atom is 0.257 e. The number of furan rings is 1. The van der Waals surface area contributed by atoms with Crippen LogP contribution in [-0.4, -0.2) is 51.7 Å². The number of rotatable bonds is 3. The van der Waals surface area contributed by atoms with Crippen molar-refractivity contribution in [3.8, 4) is 0 Å². The fourth-order valence-electron chi connectivity index (χ4n) is 4.27. The Morgan fingerprint density at radius 1 is 1.33 bits per heavy atom. The van der Waals surface area contributed by atoms with E-state index in [4.69, 9.17) is 4.42 Å². The van der Waals surface area contributed by atoms with Crippen LogP contribution in [0.3, 0.4) is 0 Å². The predicted molar refractivity (Wildman–Crippen MR) is 89.4 cm³/mol. The Balaban J connectivity index is 1.41. The molecule has 2 aliphatic heterocycles. The molecule has 24 heavy (non-hydrogen) atoms. The molecule has 0 N–H and O–H groups in total. The maximum atomic E-state index is 12.6. The molecule has 2 aromatic heterocycles. The van der Waals surface area contributed by atoms with Crippen LogP contribution in [0.15, 0.2) is 35.4 Å². The Labute approximate surface area is 142 Å². The molecule has 2 aliphatic rings. The first kappa shape index (κ1) is 15.4. The largest absolute Gasteiger partial charge is 0.472 e. The summed E-state index contributed by atoms with van der Waals surface area (Å²) in [5, 5.41) is 4.26. The van der Waals surface area contributed by atoms with Crippen molar-refractivity contribution in [2.75, 3.05) is 26.2 Å². The first-order chi connectivity index (χ1) is 11.6. The lowest BCUT2D eigenvalue weighted by Crippen LogP contribution is -2.44. The Morgan fingerprint density at radius 2 is 2.25 bits per heavy atom. The molecule has 128 valence electrons. The van der Waals surface area contributed by atoms with E-state index >= 15 is 0 Å². The summed E-state index contributed by atoms with van der Waals surface area (Å²) in [4.78, 5) is 17.1. The summed E-state index contributed by atoms with van der Waals surface area (Å²) in [7, 11) is 1.96. The van der Waals surface area contributed by atoms with E-state index in [2.05, 4.69) is 16.2 Å². The minimum absolute atomic E-state index is 0.102. The monoisotopic (exact) mass is 328 g/mol. The van der Waals surface area contributed by atoms with Crippen LogP contribution < -0.4 is 0 Å². The zero-order valence-corrected chi connectivity index (χ0v) is 14.1. The molecule has 2 fully saturated rings. The van der Waals surface area contributed by atoms with Gasteiger partial charge in [-0.15, -0.1) is 0 Å². The molecule has 4 heterocycles. The Kier molecular flexibility index (Phi) is 3.92. The van der Waals surface area contributed by atoms with E-state index in [1.165, 1.54) is 18.4 Å². The van der Waals surface area contributed by atoms with Gasteiger partial charge in [-0.2, -0.15) is 5.10 Å². The minimum atomic E-state index is 0.102. The second-order valence-electron chi connectivity index (χ2n) is 7.33. The van der Waals surface area contributed by atoms with E-state index in [0.29, 0.717) is 5.56 Å². The van der Waals surface area contributed by atoms with Crippen molar-refractivity contribution in [2.24, 2.45) is 12.5 Å². The first-order valence-electron chi connectivity index (χ1n) is 8.65. The van der Waals surface area contributed by atoms with Crippen LogP contribution in [0.2, 0.25) is 0 Å². The van der Waals surface area contributed by atoms with Gasteiger partial charge in [-0.25, -0.2) is 0 Å². The summed E-state index contributed by atoms with van der Waals surface area (Å²) < 4.78 is 6.91. The van der Waals surface area contributed by atoms with E-state index < -0.39 is 0 Å². The van der Waals surface area contributed by atoms with Crippen molar-refractivity contribution in [1.29, 1.82) is 0 Å². The lowest BCUT2D eigenvalue weighted by atomic mass is 9.79. The summed E-state index contributed by atoms with van der Waals surface area (Å²) in [5.41, 5.74) is 2.17. The minimum Gasteiger partial charge on any atom is -0.472 e. The van der Waals surface area contributed by atoms with Gasteiger partial charge in [0, 0.05) is 50.4 Å². The van der Waals surface area contributed by atoms with Crippen LogP contribution in [0.5, 0.6) is 0 Å². The Bertz CT molecular complexity index is 708. The van der Waals surface area contributed by atoms with Crippen LogP contribution in [0.1, 0.15) is 35.2 Å². The highest BCUT2D eigenvalue weighted by atomic mass is 16.3. The summed E-state index contributed by atoms with van der Waals surface area (Å²) in [5.74, 6) is 0.102. The predicted octanol–water partition coefficient (Wildman–Crippen LogP) is 2.14. The zero-order valence-electron chi connectivity index (χ0n) is 14.1. The molecule has 2 aromatic rings. The molecule has 0 saturated carbocycles. The normalized spacial score (nSPS) is 24.8. The van der Waals surface area contributed by atoms with E-state index in [1.54, 1.807) is 18.6 Å². The van der Waals surface area contributed by atoms with Crippen LogP contribution in [0.25, 0.3) is 0 Å². The fourth-order valence-corrected chi connectivity index (χ4v) is 4.27. The smallest absolute Gasteiger partial charge is 0.257 e. The summed E-state index contributed by atoms with van der Waals surface area (Å²) in [6, 6.07) is 1.75. The van der Waals surface area contributed by atoms with Gasteiger partial charge in [-0.1, -0.05) is 0 Å². The molecule has 1 atom stereocenters. The second-order valence-corrected chi connectivity index (χ2v) is 7.33. The lowest BCUT2D eigenvalue weighted by molar-refractivity contribution is 0.0675. The fraction of sp³-hybridized carbons (Fsp3) is 0.556. The SMILES string of the molecule is Cn1cc(CN2CCC[C@@]3(CCN(C(=O)c4ccoc4)C3)C2)cn1. The topological polar surface area (TPSA) is 54.5 Å². The van der Waals surface area contributed by atoms with Crippen LogP contribution in [-0.2, 0) is 13.6 Å². The molecule has 6 nitrogen and oxygen atoms in total. The van der Waals surface area contributed by atoms with Gasteiger partial charge in [0.25, 0.3) is 5.91 Å². The van der Waals surface area contributed by atoms with Crippen molar-refractivity contribution in [1.82, 2.24) is 19.6 Å². The number of amides is 1. The second kappa shape index (κ2) is 6.09. The van der Waals surface area contributed by atoms with Gasteiger partial charge in [0.15, 0.2) is 0 Å². The molecule has 0 bridgehead atoms. The first-order valence-corrected chi connectivity index (χ1v) is 8.65. The van der Waals surface area contributed by atoms with Crippen LogP contribution in [0.4, 0.5) is 0 Å². The van der Waals surface area contributed by atoms with Gasteiger partial charge in [0.1, 0.15) is 6.26 Å². The molecule has 6 heteroatoms. The molecule has 4 rings (SSSR count). The molecule has 0 aliphatic carbocycles. The standard InChI is InChI=1S/C18H24N4O2/c1-20-10-15(9-19-20)11-21-6-2-4-18(13-21)5-7-22(14-18)17(23)16-3-8-24-12-16/h3,8-10,12H,2,4-7,11,13-14H2,1H3/t18-/m1/s1. The van der Waals surface area contributed by atoms with Crippen LogP contribution in [0, 0.1) is 5.41 Å². The molecule has 0 radical (unpaired) electrons. The van der Waals surface area contributed by atoms with Crippen molar-refractivity contribution in [2.45, 2.75) is 25.8 Å². The molecule has 1 amide bonds. The highest BCUT2D eigenvalue weighted by Gasteiger charge is 2.42. The summed E-state index contributed by atoms with van der Waals surface area (Å²) >= 11 is 0. The molecule has 0 unspecified atom stereocenters. The number of hydrogen-bond donors (Lipinski definition) is 0. The molecular formula is C18H24N4O2. The quantitative estimate of drug-likeness (QED) is 0.866. The van der Waals surface area contributed by atoms with Crippen molar-refractivity contribution in [3.63, 3.8) is 0 Å². The van der Waals surface area contributed by atoms with Gasteiger partial charge in [-0.05, 0) is 31.9 Å². The molecular weight excluding hydrogens is 304 g/mol. The average Bonchev–Trinajstić information content (AvgIpc) is 3.29. The number of hydrogen-bond acceptors (Lipinski definition) is 4. The Hall–Kier alpha value is -2.08. The zero-order chi connectivity index (χ0) is 16.6. The summed E-state index contributed by atoms with van der Waals surface area (Å²) in [6.45, 7) is 4.86. The number of likely N-dealkylation sites (tertiary alicyclic amines) is 2.